The van der Waals surface area contributed by atoms with Crippen LogP contribution in [0.3, 0.4) is 0 Å². The first-order valence-corrected chi connectivity index (χ1v) is 5.17. The predicted molar refractivity (Wildman–Crippen MR) is 53.9 cm³/mol. The second kappa shape index (κ2) is 2.73. The van der Waals surface area contributed by atoms with Crippen molar-refractivity contribution in [3.8, 4) is 0 Å². The lowest BCUT2D eigenvalue weighted by Crippen LogP contribution is -2.24. The number of nitrogens with zero attached hydrogens (tertiary/aromatic N) is 3. The van der Waals surface area contributed by atoms with Crippen LogP contribution in [0.5, 0.6) is 0 Å². The van der Waals surface area contributed by atoms with Crippen molar-refractivity contribution < 1.29 is 0 Å². The topological polar surface area (TPSA) is 38.1 Å². The Hall–Kier alpha value is -1.03. The van der Waals surface area contributed by atoms with Gasteiger partial charge in [-0.1, -0.05) is 11.6 Å². The van der Waals surface area contributed by atoms with Crippen LogP contribution in [0.1, 0.15) is 12.8 Å². The molecule has 0 amide bonds. The number of hydrogen-bond acceptors (Lipinski definition) is 3. The predicted octanol–water partition coefficient (Wildman–Crippen LogP) is 0.879. The first-order valence-electron chi connectivity index (χ1n) is 4.80. The highest BCUT2D eigenvalue weighted by Gasteiger charge is 2.33. The smallest absolute Gasteiger partial charge is 0.350 e. The molecule has 0 N–H and O–H groups in total. The standard InChI is InChI=1S/C9H10ClN3O/c10-7-4-8-12-3-1-2-6(12)5-13(8)9(14)11-7/h4,6H,1-3,5H2. The van der Waals surface area contributed by atoms with Gasteiger partial charge in [0.25, 0.3) is 0 Å². The quantitative estimate of drug-likeness (QED) is 0.598. The molecular weight excluding hydrogens is 202 g/mol. The van der Waals surface area contributed by atoms with E-state index in [1.165, 1.54) is 12.8 Å². The summed E-state index contributed by atoms with van der Waals surface area (Å²) in [5.41, 5.74) is -0.220. The van der Waals surface area contributed by atoms with Crippen LogP contribution in [0.15, 0.2) is 10.9 Å². The van der Waals surface area contributed by atoms with Crippen molar-refractivity contribution in [2.75, 3.05) is 11.4 Å². The molecule has 1 aromatic heterocycles. The Morgan fingerprint density at radius 1 is 1.57 bits per heavy atom. The summed E-state index contributed by atoms with van der Waals surface area (Å²) < 4.78 is 1.72. The summed E-state index contributed by atoms with van der Waals surface area (Å²) in [5.74, 6) is 0.942. The molecule has 2 aliphatic heterocycles. The van der Waals surface area contributed by atoms with Gasteiger partial charge < -0.3 is 4.90 Å². The Kier molecular flexibility index (Phi) is 1.62. The molecule has 0 spiro atoms. The van der Waals surface area contributed by atoms with E-state index in [4.69, 9.17) is 11.6 Å². The summed E-state index contributed by atoms with van der Waals surface area (Å²) in [6.07, 6.45) is 2.37. The van der Waals surface area contributed by atoms with E-state index in [9.17, 15) is 4.79 Å². The lowest BCUT2D eigenvalue weighted by atomic mass is 10.2. The van der Waals surface area contributed by atoms with Gasteiger partial charge in [-0.25, -0.2) is 4.79 Å². The fraction of sp³-hybridized carbons (Fsp3) is 0.556. The van der Waals surface area contributed by atoms with Gasteiger partial charge in [-0.3, -0.25) is 4.57 Å². The average Bonchev–Trinajstić information content (AvgIpc) is 2.65. The van der Waals surface area contributed by atoms with Crippen molar-refractivity contribution in [2.45, 2.75) is 25.4 Å². The molecule has 0 bridgehead atoms. The maximum absolute atomic E-state index is 11.5. The van der Waals surface area contributed by atoms with Gasteiger partial charge in [0.1, 0.15) is 11.0 Å². The molecule has 4 nitrogen and oxygen atoms in total. The maximum atomic E-state index is 11.5. The maximum Gasteiger partial charge on any atom is 0.350 e. The summed E-state index contributed by atoms with van der Waals surface area (Å²) in [6, 6.07) is 2.27. The first-order chi connectivity index (χ1) is 6.75. The van der Waals surface area contributed by atoms with Crippen molar-refractivity contribution in [3.63, 3.8) is 0 Å². The number of aromatic nitrogens is 2. The molecule has 0 aromatic carbocycles. The zero-order valence-electron chi connectivity index (χ0n) is 7.61. The van der Waals surface area contributed by atoms with Crippen LogP contribution in [-0.4, -0.2) is 22.1 Å². The normalized spacial score (nSPS) is 23.8. The van der Waals surface area contributed by atoms with Crippen LogP contribution < -0.4 is 10.6 Å². The minimum atomic E-state index is -0.220. The molecular formula is C9H10ClN3O. The van der Waals surface area contributed by atoms with Crippen molar-refractivity contribution in [1.82, 2.24) is 9.55 Å². The highest BCUT2D eigenvalue weighted by atomic mass is 35.5. The van der Waals surface area contributed by atoms with E-state index in [-0.39, 0.29) is 5.69 Å². The van der Waals surface area contributed by atoms with Crippen LogP contribution in [0, 0.1) is 0 Å². The van der Waals surface area contributed by atoms with E-state index in [1.807, 2.05) is 0 Å². The molecule has 1 atom stereocenters. The Morgan fingerprint density at radius 2 is 2.43 bits per heavy atom. The monoisotopic (exact) mass is 211 g/mol. The summed E-state index contributed by atoms with van der Waals surface area (Å²) in [4.78, 5) is 17.5. The van der Waals surface area contributed by atoms with E-state index in [0.29, 0.717) is 11.2 Å². The second-order valence-corrected chi connectivity index (χ2v) is 4.21. The number of fused-ring (bicyclic) bond motifs is 3. The lowest BCUT2D eigenvalue weighted by molar-refractivity contribution is 0.604. The van der Waals surface area contributed by atoms with Crippen molar-refractivity contribution in [3.05, 3.63) is 21.7 Å². The Morgan fingerprint density at radius 3 is 3.29 bits per heavy atom. The molecule has 5 heteroatoms. The number of anilines is 1. The molecule has 1 aromatic rings. The molecule has 1 unspecified atom stereocenters. The molecule has 14 heavy (non-hydrogen) atoms. The summed E-state index contributed by atoms with van der Waals surface area (Å²) in [6.45, 7) is 1.81. The molecule has 0 saturated carbocycles. The van der Waals surface area contributed by atoms with Gasteiger partial charge in [0.2, 0.25) is 0 Å². The Bertz CT molecular complexity index is 442. The van der Waals surface area contributed by atoms with Gasteiger partial charge >= 0.3 is 5.69 Å². The Balaban J connectivity index is 2.19. The van der Waals surface area contributed by atoms with Gasteiger partial charge in [0.15, 0.2) is 0 Å². The highest BCUT2D eigenvalue weighted by Crippen LogP contribution is 2.32. The third kappa shape index (κ3) is 1.00. The third-order valence-electron chi connectivity index (χ3n) is 3.02. The first kappa shape index (κ1) is 8.29. The molecule has 2 aliphatic rings. The molecule has 1 fully saturated rings. The van der Waals surface area contributed by atoms with Crippen molar-refractivity contribution in [2.24, 2.45) is 0 Å². The van der Waals surface area contributed by atoms with Crippen LogP contribution in [0.25, 0.3) is 0 Å². The summed E-state index contributed by atoms with van der Waals surface area (Å²) >= 11 is 5.77. The van der Waals surface area contributed by atoms with E-state index >= 15 is 0 Å². The van der Waals surface area contributed by atoms with Crippen molar-refractivity contribution >= 4 is 17.4 Å². The van der Waals surface area contributed by atoms with E-state index < -0.39 is 0 Å². The molecule has 0 aliphatic carbocycles. The summed E-state index contributed by atoms with van der Waals surface area (Å²) in [7, 11) is 0. The van der Waals surface area contributed by atoms with Gasteiger partial charge in [-0.15, -0.1) is 0 Å². The fourth-order valence-corrected chi connectivity index (χ4v) is 2.58. The molecule has 0 radical (unpaired) electrons. The van der Waals surface area contributed by atoms with Crippen LogP contribution >= 0.6 is 11.6 Å². The van der Waals surface area contributed by atoms with Crippen LogP contribution in [0.4, 0.5) is 5.82 Å². The minimum absolute atomic E-state index is 0.220. The van der Waals surface area contributed by atoms with E-state index in [1.54, 1.807) is 10.6 Å². The van der Waals surface area contributed by atoms with E-state index in [2.05, 4.69) is 9.88 Å². The zero-order valence-corrected chi connectivity index (χ0v) is 8.37. The lowest BCUT2D eigenvalue weighted by Gasteiger charge is -2.16. The van der Waals surface area contributed by atoms with Gasteiger partial charge in [0, 0.05) is 25.2 Å². The summed E-state index contributed by atoms with van der Waals surface area (Å²) in [5, 5.41) is 0.300. The number of hydrogen-bond donors (Lipinski definition) is 0. The number of rotatable bonds is 0. The average molecular weight is 212 g/mol. The number of halogens is 1. The highest BCUT2D eigenvalue weighted by molar-refractivity contribution is 6.29. The van der Waals surface area contributed by atoms with Crippen LogP contribution in [0.2, 0.25) is 5.15 Å². The SMILES string of the molecule is O=c1nc(Cl)cc2n1CC1CCCN21. The largest absolute Gasteiger partial charge is 0.353 e. The molecule has 3 rings (SSSR count). The zero-order chi connectivity index (χ0) is 9.71. The molecule has 1 saturated heterocycles. The Labute approximate surface area is 86.1 Å². The minimum Gasteiger partial charge on any atom is -0.353 e. The third-order valence-corrected chi connectivity index (χ3v) is 3.22. The second-order valence-electron chi connectivity index (χ2n) is 3.82. The fourth-order valence-electron chi connectivity index (χ4n) is 2.41. The van der Waals surface area contributed by atoms with Gasteiger partial charge in [-0.2, -0.15) is 4.98 Å². The van der Waals surface area contributed by atoms with Crippen LogP contribution in [-0.2, 0) is 6.54 Å². The molecule has 74 valence electrons. The van der Waals surface area contributed by atoms with Crippen molar-refractivity contribution in [1.29, 1.82) is 0 Å². The van der Waals surface area contributed by atoms with Gasteiger partial charge in [-0.05, 0) is 12.8 Å². The van der Waals surface area contributed by atoms with E-state index in [0.717, 1.165) is 18.9 Å². The molecule has 3 heterocycles. The van der Waals surface area contributed by atoms with Gasteiger partial charge in [0.05, 0.1) is 0 Å².